The zero-order chi connectivity index (χ0) is 13.9. The zero-order valence-electron chi connectivity index (χ0n) is 11.3. The summed E-state index contributed by atoms with van der Waals surface area (Å²) in [5.74, 6) is 0. The molecule has 0 bridgehead atoms. The van der Waals surface area contributed by atoms with Crippen molar-refractivity contribution in [2.24, 2.45) is 5.10 Å². The second-order valence-corrected chi connectivity index (χ2v) is 4.74. The zero-order valence-corrected chi connectivity index (χ0v) is 11.3. The Kier molecular flexibility index (Phi) is 3.52. The van der Waals surface area contributed by atoms with E-state index in [4.69, 9.17) is 9.47 Å². The van der Waals surface area contributed by atoms with Crippen molar-refractivity contribution in [1.29, 1.82) is 0 Å². The first-order valence-electron chi connectivity index (χ1n) is 6.63. The molecule has 0 fully saturated rings. The molecule has 5 nitrogen and oxygen atoms in total. The van der Waals surface area contributed by atoms with Gasteiger partial charge in [0.1, 0.15) is 6.61 Å². The Hall–Kier alpha value is -2.14. The molecule has 2 aliphatic heterocycles. The van der Waals surface area contributed by atoms with Crippen LogP contribution in [0, 0.1) is 6.92 Å². The summed E-state index contributed by atoms with van der Waals surface area (Å²) in [6.45, 7) is 3.70. The first-order valence-corrected chi connectivity index (χ1v) is 6.63. The van der Waals surface area contributed by atoms with Gasteiger partial charge < -0.3 is 9.47 Å². The van der Waals surface area contributed by atoms with Crippen LogP contribution in [-0.4, -0.2) is 32.1 Å². The third-order valence-corrected chi connectivity index (χ3v) is 3.42. The number of nitrogens with zero attached hydrogens (tertiary/aromatic N) is 2. The van der Waals surface area contributed by atoms with E-state index in [2.05, 4.69) is 11.2 Å². The van der Waals surface area contributed by atoms with Crippen LogP contribution >= 0.6 is 0 Å². The molecular weight excluding hydrogens is 256 g/mol. The van der Waals surface area contributed by atoms with Crippen LogP contribution in [0.4, 0.5) is 10.5 Å². The smallest absolute Gasteiger partial charge is 0.435 e. The maximum absolute atomic E-state index is 11.7. The average molecular weight is 272 g/mol. The lowest BCUT2D eigenvalue weighted by Gasteiger charge is -2.21. The van der Waals surface area contributed by atoms with E-state index in [1.165, 1.54) is 16.1 Å². The Bertz CT molecular complexity index is 593. The predicted octanol–water partition coefficient (Wildman–Crippen LogP) is 2.74. The van der Waals surface area contributed by atoms with E-state index in [0.717, 1.165) is 24.3 Å². The van der Waals surface area contributed by atoms with Crippen molar-refractivity contribution >= 4 is 23.6 Å². The average Bonchev–Trinajstić information content (AvgIpc) is 2.48. The highest BCUT2D eigenvalue weighted by molar-refractivity contribution is 5.91. The standard InChI is InChI=1S/C15H16N2O3/c1-11-10-13(17-15(18)20-9-6-16-17)2-3-14(11)12-4-7-19-8-5-12/h2-4,6,10H,5,7-9H2,1H3. The molecule has 20 heavy (non-hydrogen) atoms. The van der Waals surface area contributed by atoms with Crippen molar-refractivity contribution in [1.82, 2.24) is 0 Å². The highest BCUT2D eigenvalue weighted by Gasteiger charge is 2.20. The van der Waals surface area contributed by atoms with E-state index in [1.807, 2.05) is 25.1 Å². The highest BCUT2D eigenvalue weighted by atomic mass is 16.6. The topological polar surface area (TPSA) is 51.1 Å². The van der Waals surface area contributed by atoms with Crippen LogP contribution in [0.3, 0.4) is 0 Å². The van der Waals surface area contributed by atoms with Gasteiger partial charge in [0.2, 0.25) is 0 Å². The number of rotatable bonds is 2. The fourth-order valence-electron chi connectivity index (χ4n) is 2.42. The van der Waals surface area contributed by atoms with Gasteiger partial charge in [0.25, 0.3) is 0 Å². The van der Waals surface area contributed by atoms with E-state index in [1.54, 1.807) is 6.21 Å². The van der Waals surface area contributed by atoms with Crippen molar-refractivity contribution in [3.05, 3.63) is 35.4 Å². The van der Waals surface area contributed by atoms with Crippen molar-refractivity contribution < 1.29 is 14.3 Å². The highest BCUT2D eigenvalue weighted by Crippen LogP contribution is 2.28. The van der Waals surface area contributed by atoms with E-state index >= 15 is 0 Å². The van der Waals surface area contributed by atoms with Gasteiger partial charge in [-0.15, -0.1) is 0 Å². The number of anilines is 1. The molecule has 0 saturated heterocycles. The number of hydrogen-bond donors (Lipinski definition) is 0. The summed E-state index contributed by atoms with van der Waals surface area (Å²) in [5.41, 5.74) is 4.33. The molecule has 0 aromatic heterocycles. The molecule has 0 spiro atoms. The van der Waals surface area contributed by atoms with E-state index < -0.39 is 6.09 Å². The third kappa shape index (κ3) is 2.44. The summed E-state index contributed by atoms with van der Waals surface area (Å²) in [6.07, 6.45) is 4.17. The van der Waals surface area contributed by atoms with Crippen LogP contribution in [0.25, 0.3) is 5.57 Å². The van der Waals surface area contributed by atoms with E-state index in [-0.39, 0.29) is 6.61 Å². The number of ether oxygens (including phenoxy) is 2. The third-order valence-electron chi connectivity index (χ3n) is 3.42. The second kappa shape index (κ2) is 5.46. The van der Waals surface area contributed by atoms with Crippen LogP contribution in [0.15, 0.2) is 29.4 Å². The molecule has 0 aliphatic carbocycles. The minimum atomic E-state index is -0.440. The normalized spacial score (nSPS) is 18.8. The molecule has 0 radical (unpaired) electrons. The molecule has 2 heterocycles. The monoisotopic (exact) mass is 272 g/mol. The Labute approximate surface area is 117 Å². The van der Waals surface area contributed by atoms with Crippen molar-refractivity contribution in [2.75, 3.05) is 24.8 Å². The number of cyclic esters (lactones) is 1. The predicted molar refractivity (Wildman–Crippen MR) is 76.9 cm³/mol. The van der Waals surface area contributed by atoms with E-state index in [0.29, 0.717) is 6.61 Å². The summed E-state index contributed by atoms with van der Waals surface area (Å²) in [7, 11) is 0. The number of carbonyl (C=O) groups is 1. The molecule has 0 atom stereocenters. The van der Waals surface area contributed by atoms with Crippen LogP contribution in [0.2, 0.25) is 0 Å². The molecule has 1 amide bonds. The minimum absolute atomic E-state index is 0.235. The van der Waals surface area contributed by atoms with Crippen LogP contribution in [0.5, 0.6) is 0 Å². The van der Waals surface area contributed by atoms with Gasteiger partial charge >= 0.3 is 6.09 Å². The van der Waals surface area contributed by atoms with Gasteiger partial charge in [-0.2, -0.15) is 10.1 Å². The largest absolute Gasteiger partial charge is 0.442 e. The molecule has 104 valence electrons. The number of aryl methyl sites for hydroxylation is 1. The number of carbonyl (C=O) groups excluding carboxylic acids is 1. The van der Waals surface area contributed by atoms with Gasteiger partial charge in [-0.3, -0.25) is 0 Å². The van der Waals surface area contributed by atoms with Crippen LogP contribution < -0.4 is 5.01 Å². The first kappa shape index (κ1) is 12.9. The first-order chi connectivity index (χ1) is 9.75. The Morgan fingerprint density at radius 2 is 2.20 bits per heavy atom. The SMILES string of the molecule is Cc1cc(N2N=CCOC2=O)ccc1C1=CCOCC1. The molecular formula is C15H16N2O3. The van der Waals surface area contributed by atoms with Crippen molar-refractivity contribution in [3.63, 3.8) is 0 Å². The van der Waals surface area contributed by atoms with E-state index in [9.17, 15) is 4.79 Å². The van der Waals surface area contributed by atoms with Gasteiger partial charge in [0, 0.05) is 0 Å². The number of benzene rings is 1. The van der Waals surface area contributed by atoms with Crippen LogP contribution in [-0.2, 0) is 9.47 Å². The van der Waals surface area contributed by atoms with Crippen molar-refractivity contribution in [2.45, 2.75) is 13.3 Å². The molecule has 1 aromatic carbocycles. The fourth-order valence-corrected chi connectivity index (χ4v) is 2.42. The van der Waals surface area contributed by atoms with Gasteiger partial charge in [-0.05, 0) is 42.2 Å². The number of amides is 1. The molecule has 0 N–H and O–H groups in total. The van der Waals surface area contributed by atoms with Crippen molar-refractivity contribution in [3.8, 4) is 0 Å². The Morgan fingerprint density at radius 1 is 1.30 bits per heavy atom. The molecule has 3 rings (SSSR count). The molecule has 1 aromatic rings. The number of hydrazone groups is 1. The Morgan fingerprint density at radius 3 is 2.90 bits per heavy atom. The summed E-state index contributed by atoms with van der Waals surface area (Å²) >= 11 is 0. The minimum Gasteiger partial charge on any atom is -0.442 e. The summed E-state index contributed by atoms with van der Waals surface area (Å²) in [6, 6.07) is 5.87. The quantitative estimate of drug-likeness (QED) is 0.831. The van der Waals surface area contributed by atoms with Crippen LogP contribution in [0.1, 0.15) is 17.5 Å². The summed E-state index contributed by atoms with van der Waals surface area (Å²) in [5, 5.41) is 5.34. The van der Waals surface area contributed by atoms with Gasteiger partial charge in [0.05, 0.1) is 25.1 Å². The second-order valence-electron chi connectivity index (χ2n) is 4.74. The summed E-state index contributed by atoms with van der Waals surface area (Å²) in [4.78, 5) is 11.7. The summed E-state index contributed by atoms with van der Waals surface area (Å²) < 4.78 is 10.3. The lowest BCUT2D eigenvalue weighted by Crippen LogP contribution is -2.31. The maximum Gasteiger partial charge on any atom is 0.435 e. The molecule has 0 saturated carbocycles. The molecule has 2 aliphatic rings. The lowest BCUT2D eigenvalue weighted by molar-refractivity contribution is 0.161. The molecule has 5 heteroatoms. The number of hydrogen-bond acceptors (Lipinski definition) is 4. The Balaban J connectivity index is 1.91. The molecule has 0 unspecified atom stereocenters. The lowest BCUT2D eigenvalue weighted by atomic mass is 9.96. The van der Waals surface area contributed by atoms with Gasteiger partial charge in [0.15, 0.2) is 0 Å². The van der Waals surface area contributed by atoms with Gasteiger partial charge in [-0.25, -0.2) is 4.79 Å². The maximum atomic E-state index is 11.7. The van der Waals surface area contributed by atoms with Gasteiger partial charge in [-0.1, -0.05) is 12.1 Å². The fraction of sp³-hybridized carbons (Fsp3) is 0.333.